The Bertz CT molecular complexity index is 803. The first-order valence-electron chi connectivity index (χ1n) is 7.49. The number of aliphatic imine (C=N–C) groups is 1. The molecule has 132 valence electrons. The molecular weight excluding hydrogens is 322 g/mol. The number of nitrogen functional groups attached to an aromatic ring is 1. The highest BCUT2D eigenvalue weighted by Gasteiger charge is 2.12. The number of nitrogens with two attached hydrogens (primary N) is 1. The summed E-state index contributed by atoms with van der Waals surface area (Å²) < 4.78 is 15.8. The second-order valence-corrected chi connectivity index (χ2v) is 5.15. The third-order valence-electron chi connectivity index (χ3n) is 3.70. The molecule has 25 heavy (non-hydrogen) atoms. The molecule has 0 aromatic heterocycles. The molecule has 0 saturated carbocycles. The second kappa shape index (κ2) is 8.05. The van der Waals surface area contributed by atoms with Gasteiger partial charge >= 0.3 is 0 Å². The molecule has 0 bridgehead atoms. The van der Waals surface area contributed by atoms with Crippen LogP contribution in [0.2, 0.25) is 0 Å². The molecule has 1 amide bonds. The Labute approximate surface area is 146 Å². The van der Waals surface area contributed by atoms with Crippen molar-refractivity contribution in [3.63, 3.8) is 0 Å². The largest absolute Gasteiger partial charge is 0.497 e. The number of amidine groups is 1. The summed E-state index contributed by atoms with van der Waals surface area (Å²) in [7, 11) is 4.68. The number of methoxy groups -OCH3 is 3. The number of carbonyl (C=O) groups excluding carboxylic acids is 1. The molecule has 7 heteroatoms. The molecule has 0 heterocycles. The van der Waals surface area contributed by atoms with Crippen LogP contribution in [0.3, 0.4) is 0 Å². The Morgan fingerprint density at radius 3 is 2.36 bits per heavy atom. The van der Waals surface area contributed by atoms with Crippen LogP contribution < -0.4 is 25.3 Å². The van der Waals surface area contributed by atoms with Crippen molar-refractivity contribution in [1.29, 1.82) is 0 Å². The maximum absolute atomic E-state index is 11.0. The molecule has 0 fully saturated rings. The minimum atomic E-state index is 0.313. The molecule has 0 unspecified atom stereocenters. The van der Waals surface area contributed by atoms with Gasteiger partial charge in [0.1, 0.15) is 23.1 Å². The lowest BCUT2D eigenvalue weighted by Gasteiger charge is -2.13. The van der Waals surface area contributed by atoms with Gasteiger partial charge in [0.15, 0.2) is 0 Å². The number of ether oxygens (including phenoxy) is 3. The molecular formula is C18H21N3O4. The van der Waals surface area contributed by atoms with Crippen LogP contribution in [0.1, 0.15) is 11.1 Å². The summed E-state index contributed by atoms with van der Waals surface area (Å²) in [5.74, 6) is 2.15. The lowest BCUT2D eigenvalue weighted by Crippen LogP contribution is -2.23. The number of nitrogens with one attached hydrogen (secondary N) is 1. The Morgan fingerprint density at radius 2 is 1.80 bits per heavy atom. The van der Waals surface area contributed by atoms with Gasteiger partial charge in [-0.2, -0.15) is 0 Å². The monoisotopic (exact) mass is 343 g/mol. The fraction of sp³-hybridized carbons (Fsp3) is 0.222. The van der Waals surface area contributed by atoms with Crippen molar-refractivity contribution in [2.75, 3.05) is 27.1 Å². The Kier molecular flexibility index (Phi) is 5.84. The Balaban J connectivity index is 2.59. The van der Waals surface area contributed by atoms with E-state index in [0.29, 0.717) is 46.4 Å². The normalized spacial score (nSPS) is 11.0. The number of carbonyl (C=O) groups is 1. The van der Waals surface area contributed by atoms with E-state index < -0.39 is 0 Å². The van der Waals surface area contributed by atoms with Crippen molar-refractivity contribution in [3.05, 3.63) is 41.5 Å². The van der Waals surface area contributed by atoms with Gasteiger partial charge in [-0.1, -0.05) is 0 Å². The van der Waals surface area contributed by atoms with Gasteiger partial charge in [0.2, 0.25) is 6.41 Å². The maximum atomic E-state index is 11.0. The number of amides is 1. The van der Waals surface area contributed by atoms with Crippen LogP contribution in [-0.2, 0) is 4.79 Å². The zero-order valence-electron chi connectivity index (χ0n) is 14.6. The van der Waals surface area contributed by atoms with Crippen molar-refractivity contribution >= 4 is 23.6 Å². The summed E-state index contributed by atoms with van der Waals surface area (Å²) >= 11 is 0. The minimum absolute atomic E-state index is 0.313. The summed E-state index contributed by atoms with van der Waals surface area (Å²) in [6.07, 6.45) is 0.551. The van der Waals surface area contributed by atoms with Crippen molar-refractivity contribution in [1.82, 2.24) is 5.32 Å². The van der Waals surface area contributed by atoms with E-state index in [9.17, 15) is 4.79 Å². The van der Waals surface area contributed by atoms with Gasteiger partial charge in [0, 0.05) is 35.0 Å². The predicted octanol–water partition coefficient (Wildman–Crippen LogP) is 2.43. The number of nitrogens with zero attached hydrogens (tertiary/aromatic N) is 1. The fourth-order valence-electron chi connectivity index (χ4n) is 2.32. The number of anilines is 1. The van der Waals surface area contributed by atoms with Crippen molar-refractivity contribution in [2.45, 2.75) is 6.92 Å². The van der Waals surface area contributed by atoms with Crippen molar-refractivity contribution < 1.29 is 19.0 Å². The van der Waals surface area contributed by atoms with Crippen molar-refractivity contribution in [2.24, 2.45) is 4.99 Å². The van der Waals surface area contributed by atoms with Crippen LogP contribution in [0.25, 0.3) is 0 Å². The first-order chi connectivity index (χ1) is 12.0. The van der Waals surface area contributed by atoms with Crippen molar-refractivity contribution in [3.8, 4) is 17.2 Å². The zero-order chi connectivity index (χ0) is 18.4. The number of hydrogen-bond acceptors (Lipinski definition) is 6. The average Bonchev–Trinajstić information content (AvgIpc) is 2.62. The molecule has 0 aliphatic heterocycles. The third-order valence-corrected chi connectivity index (χ3v) is 3.70. The summed E-state index contributed by atoms with van der Waals surface area (Å²) in [5.41, 5.74) is 8.47. The molecule has 3 N–H and O–H groups in total. The summed E-state index contributed by atoms with van der Waals surface area (Å²) in [5, 5.41) is 2.59. The highest BCUT2D eigenvalue weighted by molar-refractivity contribution is 6.08. The van der Waals surface area contributed by atoms with E-state index in [2.05, 4.69) is 10.3 Å². The Hall–Kier alpha value is -3.22. The molecule has 0 aliphatic rings. The topological polar surface area (TPSA) is 95.2 Å². The van der Waals surface area contributed by atoms with Crippen LogP contribution in [0.15, 0.2) is 35.3 Å². The highest BCUT2D eigenvalue weighted by atomic mass is 16.5. The van der Waals surface area contributed by atoms with E-state index in [1.54, 1.807) is 51.7 Å². The van der Waals surface area contributed by atoms with Gasteiger partial charge < -0.3 is 25.3 Å². The first-order valence-corrected chi connectivity index (χ1v) is 7.49. The standard InChI is InChI=1S/C18H21N3O4/c1-11-16(8-13(24-3)9-17(11)25-4)21-18(20-10-22)14-6-5-12(23-2)7-15(14)19/h5-10H,19H2,1-4H3,(H,20,21,22). The third kappa shape index (κ3) is 4.00. The molecule has 0 spiro atoms. The van der Waals surface area contributed by atoms with Gasteiger partial charge in [-0.05, 0) is 19.1 Å². The number of benzene rings is 2. The van der Waals surface area contributed by atoms with E-state index in [1.165, 1.54) is 0 Å². The van der Waals surface area contributed by atoms with Crippen LogP contribution in [0.4, 0.5) is 11.4 Å². The van der Waals surface area contributed by atoms with Gasteiger partial charge in [-0.15, -0.1) is 0 Å². The van der Waals surface area contributed by atoms with E-state index in [0.717, 1.165) is 5.56 Å². The zero-order valence-corrected chi connectivity index (χ0v) is 14.6. The predicted molar refractivity (Wildman–Crippen MR) is 97.1 cm³/mol. The molecule has 2 aromatic rings. The summed E-state index contributed by atoms with van der Waals surface area (Å²) in [6.45, 7) is 1.87. The fourth-order valence-corrected chi connectivity index (χ4v) is 2.32. The lowest BCUT2D eigenvalue weighted by molar-refractivity contribution is -0.108. The maximum Gasteiger partial charge on any atom is 0.212 e. The highest BCUT2D eigenvalue weighted by Crippen LogP contribution is 2.34. The first kappa shape index (κ1) is 18.1. The van der Waals surface area contributed by atoms with Gasteiger partial charge in [0.25, 0.3) is 0 Å². The molecule has 0 aliphatic carbocycles. The lowest BCUT2D eigenvalue weighted by atomic mass is 10.1. The van der Waals surface area contributed by atoms with Crippen LogP contribution in [0.5, 0.6) is 17.2 Å². The van der Waals surface area contributed by atoms with E-state index in [1.807, 2.05) is 6.92 Å². The van der Waals surface area contributed by atoms with Crippen LogP contribution in [0, 0.1) is 6.92 Å². The van der Waals surface area contributed by atoms with E-state index in [4.69, 9.17) is 19.9 Å². The quantitative estimate of drug-likeness (QED) is 0.363. The average molecular weight is 343 g/mol. The molecule has 2 rings (SSSR count). The number of rotatable bonds is 6. The Morgan fingerprint density at radius 1 is 1.08 bits per heavy atom. The second-order valence-electron chi connectivity index (χ2n) is 5.15. The minimum Gasteiger partial charge on any atom is -0.497 e. The van der Waals surface area contributed by atoms with E-state index >= 15 is 0 Å². The molecule has 7 nitrogen and oxygen atoms in total. The van der Waals surface area contributed by atoms with Gasteiger partial charge in [-0.25, -0.2) is 4.99 Å². The summed E-state index contributed by atoms with van der Waals surface area (Å²) in [6, 6.07) is 8.66. The van der Waals surface area contributed by atoms with Crippen LogP contribution in [-0.4, -0.2) is 33.6 Å². The smallest absolute Gasteiger partial charge is 0.212 e. The van der Waals surface area contributed by atoms with E-state index in [-0.39, 0.29) is 0 Å². The van der Waals surface area contributed by atoms with Crippen LogP contribution >= 0.6 is 0 Å². The SMILES string of the molecule is COc1ccc(C(=Nc2cc(OC)cc(OC)c2C)NC=O)c(N)c1. The van der Waals surface area contributed by atoms with Gasteiger partial charge in [-0.3, -0.25) is 4.79 Å². The van der Waals surface area contributed by atoms with Gasteiger partial charge in [0.05, 0.1) is 27.0 Å². The molecule has 0 atom stereocenters. The number of hydrogen-bond donors (Lipinski definition) is 2. The molecule has 0 saturated heterocycles. The molecule has 0 radical (unpaired) electrons. The summed E-state index contributed by atoms with van der Waals surface area (Å²) in [4.78, 5) is 15.6. The molecule has 2 aromatic carbocycles.